The third kappa shape index (κ3) is 2.29. The second-order valence-corrected chi connectivity index (χ2v) is 9.21. The summed E-state index contributed by atoms with van der Waals surface area (Å²) < 4.78 is 0. The minimum atomic E-state index is -0.253. The molecule has 0 spiro atoms. The lowest BCUT2D eigenvalue weighted by Crippen LogP contribution is -2.51. The summed E-state index contributed by atoms with van der Waals surface area (Å²) in [6.07, 6.45) is 13.6. The number of allylic oxidation sites excluding steroid dienone is 2. The normalized spacial score (nSPS) is 45.4. The van der Waals surface area contributed by atoms with Crippen molar-refractivity contribution in [1.82, 2.24) is 0 Å². The van der Waals surface area contributed by atoms with E-state index >= 15 is 0 Å². The molecule has 0 aromatic rings. The van der Waals surface area contributed by atoms with E-state index in [1.807, 2.05) is 0 Å². The Morgan fingerprint density at radius 2 is 2.12 bits per heavy atom. The Kier molecular flexibility index (Phi) is 4.13. The number of carbonyl (C=O) groups excluding carboxylic acids is 2. The summed E-state index contributed by atoms with van der Waals surface area (Å²) in [7, 11) is 0. The van der Waals surface area contributed by atoms with Crippen LogP contribution in [0.15, 0.2) is 11.6 Å². The van der Waals surface area contributed by atoms with Crippen LogP contribution in [0.4, 0.5) is 0 Å². The zero-order valence-corrected chi connectivity index (χ0v) is 15.3. The van der Waals surface area contributed by atoms with Gasteiger partial charge in [0.2, 0.25) is 0 Å². The Balaban J connectivity index is 1.70. The van der Waals surface area contributed by atoms with Crippen LogP contribution < -0.4 is 0 Å². The molecule has 0 aromatic heterocycles. The Hall–Kier alpha value is -1.43. The zero-order valence-electron chi connectivity index (χ0n) is 15.3. The molecule has 3 nitrogen and oxygen atoms in total. The van der Waals surface area contributed by atoms with Gasteiger partial charge in [0.05, 0.1) is 6.07 Å². The molecule has 134 valence electrons. The summed E-state index contributed by atoms with van der Waals surface area (Å²) >= 11 is 0. The van der Waals surface area contributed by atoms with Crippen molar-refractivity contribution in [3.63, 3.8) is 0 Å². The Bertz CT molecular complexity index is 659. The van der Waals surface area contributed by atoms with E-state index in [2.05, 4.69) is 19.1 Å². The highest BCUT2D eigenvalue weighted by Gasteiger charge is 2.61. The van der Waals surface area contributed by atoms with Gasteiger partial charge in [-0.2, -0.15) is 5.26 Å². The molecule has 3 saturated carbocycles. The second kappa shape index (κ2) is 6.08. The van der Waals surface area contributed by atoms with Crippen LogP contribution in [0.3, 0.4) is 0 Å². The first kappa shape index (κ1) is 17.0. The predicted molar refractivity (Wildman–Crippen MR) is 95.4 cm³/mol. The molecule has 0 amide bonds. The Morgan fingerprint density at radius 3 is 2.88 bits per heavy atom. The van der Waals surface area contributed by atoms with E-state index in [1.165, 1.54) is 32.1 Å². The van der Waals surface area contributed by atoms with E-state index in [4.69, 9.17) is 0 Å². The van der Waals surface area contributed by atoms with E-state index in [0.717, 1.165) is 25.7 Å². The quantitative estimate of drug-likeness (QED) is 0.428. The minimum absolute atomic E-state index is 0.202. The Morgan fingerprint density at radius 1 is 1.28 bits per heavy atom. The largest absolute Gasteiger partial charge is 0.295 e. The monoisotopic (exact) mass is 339 g/mol. The van der Waals surface area contributed by atoms with Crippen molar-refractivity contribution in [2.45, 2.75) is 71.1 Å². The minimum Gasteiger partial charge on any atom is -0.295 e. The molecular weight excluding hydrogens is 310 g/mol. The zero-order chi connectivity index (χ0) is 17.7. The number of carbonyl (C=O) groups is 2. The highest BCUT2D eigenvalue weighted by molar-refractivity contribution is 6.26. The van der Waals surface area contributed by atoms with Crippen molar-refractivity contribution in [3.8, 4) is 6.07 Å². The number of aldehydes is 1. The number of nitriles is 1. The standard InChI is InChI=1S/C22H29NO2/c1-21-10-3-2-4-15(21)5-6-16-17(21)9-11-22(12-13-23)18(16)7-8-19(22)20(25)14-24/h4,14,16-19H,2-3,5-12H2,1H3/t16-,17+,18+,19-,21+,22-/m1/s1. The van der Waals surface area contributed by atoms with Gasteiger partial charge < -0.3 is 0 Å². The summed E-state index contributed by atoms with van der Waals surface area (Å²) in [5.41, 5.74) is 1.80. The predicted octanol–water partition coefficient (Wildman–Crippen LogP) is 4.62. The van der Waals surface area contributed by atoms with Gasteiger partial charge >= 0.3 is 0 Å². The second-order valence-electron chi connectivity index (χ2n) is 9.21. The SMILES string of the molecule is C[C@]12CCCC=C1CC[C@H]1[C@@H]3CC[C@H](C(=O)C=O)[C@@]3(CC#N)CC[C@@H]12. The van der Waals surface area contributed by atoms with Crippen molar-refractivity contribution in [2.24, 2.45) is 34.5 Å². The topological polar surface area (TPSA) is 57.9 Å². The third-order valence-corrected chi connectivity index (χ3v) is 8.61. The van der Waals surface area contributed by atoms with Crippen LogP contribution >= 0.6 is 0 Å². The van der Waals surface area contributed by atoms with Gasteiger partial charge in [-0.3, -0.25) is 9.59 Å². The molecule has 0 bridgehead atoms. The molecule has 0 saturated heterocycles. The first-order valence-electron chi connectivity index (χ1n) is 10.1. The van der Waals surface area contributed by atoms with Gasteiger partial charge in [-0.15, -0.1) is 0 Å². The van der Waals surface area contributed by atoms with Gasteiger partial charge in [0.25, 0.3) is 0 Å². The molecule has 0 radical (unpaired) electrons. The molecular formula is C22H29NO2. The van der Waals surface area contributed by atoms with E-state index < -0.39 is 0 Å². The van der Waals surface area contributed by atoms with Crippen LogP contribution in [0.2, 0.25) is 0 Å². The van der Waals surface area contributed by atoms with Crippen LogP contribution in [0.1, 0.15) is 71.1 Å². The molecule has 4 aliphatic rings. The van der Waals surface area contributed by atoms with Crippen LogP contribution in [0.25, 0.3) is 0 Å². The van der Waals surface area contributed by atoms with E-state index in [1.54, 1.807) is 5.57 Å². The summed E-state index contributed by atoms with van der Waals surface area (Å²) in [4.78, 5) is 23.5. The van der Waals surface area contributed by atoms with Crippen LogP contribution in [0, 0.1) is 45.8 Å². The van der Waals surface area contributed by atoms with Gasteiger partial charge in [0.1, 0.15) is 0 Å². The molecule has 6 atom stereocenters. The van der Waals surface area contributed by atoms with Crippen LogP contribution in [0.5, 0.6) is 0 Å². The lowest BCUT2D eigenvalue weighted by atomic mass is 9.46. The molecule has 4 rings (SSSR count). The number of hydrogen-bond acceptors (Lipinski definition) is 3. The molecule has 3 fully saturated rings. The van der Waals surface area contributed by atoms with E-state index in [-0.39, 0.29) is 17.1 Å². The summed E-state index contributed by atoms with van der Waals surface area (Å²) in [5.74, 6) is 1.34. The Labute approximate surface area is 150 Å². The number of rotatable bonds is 3. The first-order valence-corrected chi connectivity index (χ1v) is 10.1. The highest BCUT2D eigenvalue weighted by atomic mass is 16.2. The van der Waals surface area contributed by atoms with Crippen LogP contribution in [-0.2, 0) is 9.59 Å². The number of nitrogens with zero attached hydrogens (tertiary/aromatic N) is 1. The molecule has 0 heterocycles. The number of Topliss-reactive ketones (excluding diaryl/α,β-unsaturated/α-hetero) is 1. The van der Waals surface area contributed by atoms with Crippen LogP contribution in [-0.4, -0.2) is 12.1 Å². The van der Waals surface area contributed by atoms with Crippen molar-refractivity contribution in [1.29, 1.82) is 5.26 Å². The molecule has 3 heteroatoms. The maximum Gasteiger partial charge on any atom is 0.198 e. The van der Waals surface area contributed by atoms with E-state index in [0.29, 0.717) is 35.9 Å². The number of fused-ring (bicyclic) bond motifs is 5. The van der Waals surface area contributed by atoms with Gasteiger partial charge in [0.15, 0.2) is 12.1 Å². The fourth-order valence-electron chi connectivity index (χ4n) is 7.56. The fraction of sp³-hybridized carbons (Fsp3) is 0.773. The molecule has 0 aromatic carbocycles. The average molecular weight is 339 g/mol. The average Bonchev–Trinajstić information content (AvgIpc) is 3.00. The summed E-state index contributed by atoms with van der Waals surface area (Å²) in [6.45, 7) is 2.48. The lowest BCUT2D eigenvalue weighted by molar-refractivity contribution is -0.138. The first-order chi connectivity index (χ1) is 12.1. The van der Waals surface area contributed by atoms with Gasteiger partial charge in [-0.25, -0.2) is 0 Å². The molecule has 4 aliphatic carbocycles. The highest BCUT2D eigenvalue weighted by Crippen LogP contribution is 2.67. The fourth-order valence-corrected chi connectivity index (χ4v) is 7.56. The van der Waals surface area contributed by atoms with Crippen molar-refractivity contribution in [2.75, 3.05) is 0 Å². The summed E-state index contributed by atoms with van der Waals surface area (Å²) in [5, 5.41) is 9.51. The maximum atomic E-state index is 12.3. The van der Waals surface area contributed by atoms with Crippen molar-refractivity contribution in [3.05, 3.63) is 11.6 Å². The third-order valence-electron chi connectivity index (χ3n) is 8.61. The van der Waals surface area contributed by atoms with E-state index in [9.17, 15) is 14.9 Å². The van der Waals surface area contributed by atoms with Gasteiger partial charge in [0, 0.05) is 12.3 Å². The molecule has 0 N–H and O–H groups in total. The van der Waals surface area contributed by atoms with Crippen molar-refractivity contribution < 1.29 is 9.59 Å². The van der Waals surface area contributed by atoms with Crippen molar-refractivity contribution >= 4 is 12.1 Å². The van der Waals surface area contributed by atoms with Gasteiger partial charge in [-0.1, -0.05) is 18.6 Å². The number of hydrogen-bond donors (Lipinski definition) is 0. The molecule has 25 heavy (non-hydrogen) atoms. The molecule has 0 unspecified atom stereocenters. The lowest BCUT2D eigenvalue weighted by Gasteiger charge is -2.58. The maximum absolute atomic E-state index is 12.3. The molecule has 0 aliphatic heterocycles. The van der Waals surface area contributed by atoms with Gasteiger partial charge in [-0.05, 0) is 86.4 Å². The summed E-state index contributed by atoms with van der Waals surface area (Å²) in [6, 6.07) is 2.39. The number of ketones is 1. The smallest absolute Gasteiger partial charge is 0.198 e.